The number of hydrogen-bond acceptors (Lipinski definition) is 5. The van der Waals surface area contributed by atoms with Gasteiger partial charge >= 0.3 is 11.7 Å². The number of ether oxygens (including phenoxy) is 1. The first-order valence-electron chi connectivity index (χ1n) is 8.90. The lowest BCUT2D eigenvalue weighted by Gasteiger charge is -2.12. The van der Waals surface area contributed by atoms with Gasteiger partial charge in [0.15, 0.2) is 11.7 Å². The molecule has 0 aliphatic carbocycles. The predicted octanol–water partition coefficient (Wildman–Crippen LogP) is 3.36. The average molecular weight is 367 g/mol. The van der Waals surface area contributed by atoms with Crippen molar-refractivity contribution in [1.82, 2.24) is 4.57 Å². The molecule has 0 saturated carbocycles. The second-order valence-corrected chi connectivity index (χ2v) is 6.28. The number of aryl methyl sites for hydroxylation is 2. The zero-order valence-electron chi connectivity index (χ0n) is 15.3. The van der Waals surface area contributed by atoms with E-state index in [2.05, 4.69) is 0 Å². The number of esters is 1. The van der Waals surface area contributed by atoms with Crippen LogP contribution in [0.25, 0.3) is 11.1 Å². The van der Waals surface area contributed by atoms with Crippen molar-refractivity contribution in [1.29, 1.82) is 0 Å². The van der Waals surface area contributed by atoms with Crippen LogP contribution in [0, 0.1) is 0 Å². The molecule has 6 heteroatoms. The number of hydrogen-bond donors (Lipinski definition) is 0. The molecule has 140 valence electrons. The maximum absolute atomic E-state index is 12.4. The Bertz CT molecular complexity index is 1010. The van der Waals surface area contributed by atoms with Crippen LogP contribution in [0.2, 0.25) is 0 Å². The molecule has 1 atom stereocenters. The molecule has 27 heavy (non-hydrogen) atoms. The van der Waals surface area contributed by atoms with E-state index in [0.29, 0.717) is 16.7 Å². The lowest BCUT2D eigenvalue weighted by Crippen LogP contribution is -2.25. The topological polar surface area (TPSA) is 78.5 Å². The second-order valence-electron chi connectivity index (χ2n) is 6.28. The van der Waals surface area contributed by atoms with Crippen LogP contribution in [0.5, 0.6) is 0 Å². The Morgan fingerprint density at radius 1 is 1.11 bits per heavy atom. The van der Waals surface area contributed by atoms with Gasteiger partial charge in [0, 0.05) is 12.1 Å². The van der Waals surface area contributed by atoms with E-state index in [-0.39, 0.29) is 18.7 Å². The molecule has 1 unspecified atom stereocenters. The summed E-state index contributed by atoms with van der Waals surface area (Å²) < 4.78 is 11.7. The van der Waals surface area contributed by atoms with Crippen LogP contribution < -0.4 is 5.76 Å². The lowest BCUT2D eigenvalue weighted by molar-refractivity contribution is -0.146. The molecule has 0 spiro atoms. The van der Waals surface area contributed by atoms with Gasteiger partial charge in [0.2, 0.25) is 5.78 Å². The number of nitrogens with zero attached hydrogens (tertiary/aromatic N) is 1. The first-order chi connectivity index (χ1) is 13.0. The molecule has 0 saturated heterocycles. The van der Waals surface area contributed by atoms with Crippen molar-refractivity contribution in [3.05, 3.63) is 70.2 Å². The molecule has 0 radical (unpaired) electrons. The van der Waals surface area contributed by atoms with E-state index >= 15 is 0 Å². The number of carbonyl (C=O) groups is 2. The predicted molar refractivity (Wildman–Crippen MR) is 101 cm³/mol. The van der Waals surface area contributed by atoms with E-state index < -0.39 is 17.8 Å². The summed E-state index contributed by atoms with van der Waals surface area (Å²) in [6.07, 6.45) is -0.0283. The maximum Gasteiger partial charge on any atom is 0.419 e. The molecule has 0 aliphatic rings. The summed E-state index contributed by atoms with van der Waals surface area (Å²) in [6.45, 7) is 3.71. The molecule has 3 rings (SSSR count). The van der Waals surface area contributed by atoms with Crippen LogP contribution in [0.15, 0.2) is 57.7 Å². The molecule has 1 heterocycles. The Kier molecular flexibility index (Phi) is 5.54. The van der Waals surface area contributed by atoms with Gasteiger partial charge < -0.3 is 9.15 Å². The van der Waals surface area contributed by atoms with Crippen LogP contribution in [0.1, 0.15) is 36.2 Å². The number of aromatic nitrogens is 1. The normalized spacial score (nSPS) is 12.1. The molecule has 2 aromatic carbocycles. The molecule has 0 bridgehead atoms. The van der Waals surface area contributed by atoms with Crippen molar-refractivity contribution in [2.45, 2.75) is 39.3 Å². The molecule has 3 aromatic rings. The molecule has 0 aliphatic heterocycles. The van der Waals surface area contributed by atoms with Gasteiger partial charge in [0.1, 0.15) is 0 Å². The number of fused-ring (bicyclic) bond motifs is 1. The molecule has 0 fully saturated rings. The number of para-hydroxylation sites is 2. The highest BCUT2D eigenvalue weighted by Gasteiger charge is 2.20. The minimum absolute atomic E-state index is 0.0319. The lowest BCUT2D eigenvalue weighted by atomic mass is 10.0. The number of rotatable bonds is 7. The number of ketones is 1. The summed E-state index contributed by atoms with van der Waals surface area (Å²) in [5, 5.41) is 0. The number of oxazole rings is 1. The first-order valence-corrected chi connectivity index (χ1v) is 8.90. The summed E-state index contributed by atoms with van der Waals surface area (Å²) in [4.78, 5) is 36.4. The Balaban J connectivity index is 1.60. The monoisotopic (exact) mass is 367 g/mol. The fourth-order valence-electron chi connectivity index (χ4n) is 2.88. The van der Waals surface area contributed by atoms with Crippen LogP contribution in [0.4, 0.5) is 0 Å². The van der Waals surface area contributed by atoms with E-state index in [0.717, 1.165) is 12.0 Å². The van der Waals surface area contributed by atoms with Crippen molar-refractivity contribution in [2.75, 3.05) is 0 Å². The fraction of sp³-hybridized carbons (Fsp3) is 0.286. The molecular weight excluding hydrogens is 346 g/mol. The average Bonchev–Trinajstić information content (AvgIpc) is 3.00. The van der Waals surface area contributed by atoms with Crippen molar-refractivity contribution in [2.24, 2.45) is 0 Å². The van der Waals surface area contributed by atoms with Crippen LogP contribution in [-0.4, -0.2) is 22.4 Å². The zero-order chi connectivity index (χ0) is 19.4. The highest BCUT2D eigenvalue weighted by atomic mass is 16.5. The summed E-state index contributed by atoms with van der Waals surface area (Å²) in [7, 11) is 0. The Labute approximate surface area is 156 Å². The Morgan fingerprint density at radius 2 is 1.81 bits per heavy atom. The van der Waals surface area contributed by atoms with E-state index in [1.807, 2.05) is 19.1 Å². The van der Waals surface area contributed by atoms with Gasteiger partial charge in [0.25, 0.3) is 0 Å². The first kappa shape index (κ1) is 18.6. The molecule has 0 amide bonds. The summed E-state index contributed by atoms with van der Waals surface area (Å²) in [5.74, 6) is -1.32. The minimum Gasteiger partial charge on any atom is -0.454 e. The van der Waals surface area contributed by atoms with Gasteiger partial charge in [-0.05, 0) is 31.0 Å². The standard InChI is InChI=1S/C21H21NO5/c1-3-15-8-10-16(11-9-15)20(24)14(2)26-19(23)12-13-22-17-6-4-5-7-18(17)27-21(22)25/h4-11,14H,3,12-13H2,1-2H3. The molecule has 1 aromatic heterocycles. The van der Waals surface area contributed by atoms with Gasteiger partial charge in [0.05, 0.1) is 11.9 Å². The van der Waals surface area contributed by atoms with Gasteiger partial charge in [-0.3, -0.25) is 14.2 Å². The number of carbonyl (C=O) groups excluding carboxylic acids is 2. The van der Waals surface area contributed by atoms with Crippen molar-refractivity contribution in [3.8, 4) is 0 Å². The highest BCUT2D eigenvalue weighted by molar-refractivity contribution is 6.00. The van der Waals surface area contributed by atoms with Gasteiger partial charge in [-0.1, -0.05) is 43.3 Å². The van der Waals surface area contributed by atoms with Gasteiger partial charge in [-0.15, -0.1) is 0 Å². The van der Waals surface area contributed by atoms with Crippen LogP contribution >= 0.6 is 0 Å². The van der Waals surface area contributed by atoms with Crippen molar-refractivity contribution in [3.63, 3.8) is 0 Å². The van der Waals surface area contributed by atoms with Crippen LogP contribution in [0.3, 0.4) is 0 Å². The highest BCUT2D eigenvalue weighted by Crippen LogP contribution is 2.13. The smallest absolute Gasteiger partial charge is 0.419 e. The van der Waals surface area contributed by atoms with E-state index in [1.54, 1.807) is 43.3 Å². The van der Waals surface area contributed by atoms with Gasteiger partial charge in [-0.2, -0.15) is 0 Å². The number of Topliss-reactive ketones (excluding diaryl/α,β-unsaturated/α-hetero) is 1. The largest absolute Gasteiger partial charge is 0.454 e. The summed E-state index contributed by atoms with van der Waals surface area (Å²) in [5.41, 5.74) is 2.73. The number of benzene rings is 2. The SMILES string of the molecule is CCc1ccc(C(=O)C(C)OC(=O)CCn2c(=O)oc3ccccc32)cc1. The third kappa shape index (κ3) is 4.16. The third-order valence-corrected chi connectivity index (χ3v) is 4.44. The third-order valence-electron chi connectivity index (χ3n) is 4.44. The van der Waals surface area contributed by atoms with Crippen molar-refractivity contribution >= 4 is 22.9 Å². The summed E-state index contributed by atoms with van der Waals surface area (Å²) in [6, 6.07) is 14.2. The Hall–Kier alpha value is -3.15. The second kappa shape index (κ2) is 8.03. The van der Waals surface area contributed by atoms with E-state index in [4.69, 9.17) is 9.15 Å². The van der Waals surface area contributed by atoms with Crippen molar-refractivity contribution < 1.29 is 18.7 Å². The van der Waals surface area contributed by atoms with Gasteiger partial charge in [-0.25, -0.2) is 4.79 Å². The van der Waals surface area contributed by atoms with E-state index in [9.17, 15) is 14.4 Å². The maximum atomic E-state index is 12.4. The Morgan fingerprint density at radius 3 is 2.52 bits per heavy atom. The zero-order valence-corrected chi connectivity index (χ0v) is 15.3. The quantitative estimate of drug-likeness (QED) is 0.473. The van der Waals surface area contributed by atoms with E-state index in [1.165, 1.54) is 4.57 Å². The summed E-state index contributed by atoms with van der Waals surface area (Å²) >= 11 is 0. The molecular formula is C21H21NO5. The van der Waals surface area contributed by atoms with Crippen LogP contribution in [-0.2, 0) is 22.5 Å². The molecule has 6 nitrogen and oxygen atoms in total. The fourth-order valence-corrected chi connectivity index (χ4v) is 2.88. The molecule has 0 N–H and O–H groups in total. The minimum atomic E-state index is -0.886.